The van der Waals surface area contributed by atoms with Gasteiger partial charge in [0.2, 0.25) is 0 Å². The van der Waals surface area contributed by atoms with Crippen molar-refractivity contribution in [1.29, 1.82) is 0 Å². The summed E-state index contributed by atoms with van der Waals surface area (Å²) in [6.07, 6.45) is 2.03. The Hall–Kier alpha value is -3.46. The van der Waals surface area contributed by atoms with Crippen LogP contribution in [0.15, 0.2) is 53.8 Å². The van der Waals surface area contributed by atoms with Crippen molar-refractivity contribution in [3.63, 3.8) is 0 Å². The van der Waals surface area contributed by atoms with Gasteiger partial charge in [-0.05, 0) is 38.1 Å². The summed E-state index contributed by atoms with van der Waals surface area (Å²) in [4.78, 5) is 17.5. The molecule has 4 aromatic rings. The van der Waals surface area contributed by atoms with Crippen LogP contribution in [0.1, 0.15) is 21.9 Å². The van der Waals surface area contributed by atoms with Crippen LogP contribution in [-0.2, 0) is 6.54 Å². The maximum atomic E-state index is 12.8. The number of nitrogens with zero attached hydrogens (tertiary/aromatic N) is 6. The number of carbonyl (C=O) groups excluding carboxylic acids is 1. The van der Waals surface area contributed by atoms with Crippen LogP contribution in [-0.4, -0.2) is 41.2 Å². The highest BCUT2D eigenvalue weighted by Gasteiger charge is 2.18. The van der Waals surface area contributed by atoms with E-state index in [2.05, 4.69) is 25.2 Å². The minimum absolute atomic E-state index is 0.234. The van der Waals surface area contributed by atoms with E-state index in [0.717, 1.165) is 40.1 Å². The highest BCUT2D eigenvalue weighted by molar-refractivity contribution is 7.99. The first-order valence-electron chi connectivity index (χ1n) is 9.56. The number of aryl methyl sites for hydroxylation is 3. The van der Waals surface area contributed by atoms with Crippen LogP contribution in [0.5, 0.6) is 0 Å². The fourth-order valence-electron chi connectivity index (χ4n) is 3.46. The first-order valence-corrected chi connectivity index (χ1v) is 10.5. The van der Waals surface area contributed by atoms with Gasteiger partial charge in [-0.25, -0.2) is 9.67 Å². The van der Waals surface area contributed by atoms with Gasteiger partial charge < -0.3 is 9.88 Å². The van der Waals surface area contributed by atoms with E-state index in [-0.39, 0.29) is 11.6 Å². The minimum Gasteiger partial charge on any atom is -0.325 e. The molecule has 0 fully saturated rings. The summed E-state index contributed by atoms with van der Waals surface area (Å²) >= 11 is 1.74. The molecule has 1 N–H and O–H groups in total. The summed E-state index contributed by atoms with van der Waals surface area (Å²) in [5.41, 5.74) is 4.50. The van der Waals surface area contributed by atoms with Crippen molar-refractivity contribution in [1.82, 2.24) is 29.5 Å². The number of thioether (sulfide) groups is 1. The smallest absolute Gasteiger partial charge is 0.276 e. The number of nitrogens with one attached hydrogen (secondary N) is 1. The van der Waals surface area contributed by atoms with E-state index in [9.17, 15) is 4.79 Å². The summed E-state index contributed by atoms with van der Waals surface area (Å²) in [6, 6.07) is 13.0. The first kappa shape index (κ1) is 18.6. The number of rotatable bonds is 4. The van der Waals surface area contributed by atoms with E-state index in [1.807, 2.05) is 50.4 Å². The fraction of sp³-hybridized carbons (Fsp3) is 0.190. The van der Waals surface area contributed by atoms with Crippen LogP contribution >= 0.6 is 11.8 Å². The summed E-state index contributed by atoms with van der Waals surface area (Å²) < 4.78 is 3.84. The van der Waals surface area contributed by atoms with E-state index in [0.29, 0.717) is 11.5 Å². The predicted octanol–water partition coefficient (Wildman–Crippen LogP) is 3.50. The molecule has 9 heteroatoms. The standard InChI is InChI=1S/C21H19N7OS/c1-13-11-14(2)28(26-13)19-8-7-17(24-25-19)20(29)22-16-6-4-3-5-15(16)18-12-27-9-10-30-21(27)23-18/h3-8,11-12H,9-10H2,1-2H3,(H,22,29). The molecule has 0 saturated carbocycles. The number of aromatic nitrogens is 6. The monoisotopic (exact) mass is 417 g/mol. The Kier molecular flexibility index (Phi) is 4.59. The number of amides is 1. The van der Waals surface area contributed by atoms with Gasteiger partial charge >= 0.3 is 0 Å². The molecule has 0 unspecified atom stereocenters. The number of hydrogen-bond acceptors (Lipinski definition) is 6. The molecule has 8 nitrogen and oxygen atoms in total. The molecule has 0 aliphatic carbocycles. The SMILES string of the molecule is Cc1cc(C)n(-c2ccc(C(=O)Nc3ccccc3-c3cn4c(n3)SCC4)nn2)n1. The molecular weight excluding hydrogens is 398 g/mol. The number of benzene rings is 1. The summed E-state index contributed by atoms with van der Waals surface area (Å²) in [5, 5.41) is 16.6. The zero-order chi connectivity index (χ0) is 20.7. The molecule has 30 heavy (non-hydrogen) atoms. The Balaban J connectivity index is 1.39. The highest BCUT2D eigenvalue weighted by Crippen LogP contribution is 2.32. The van der Waals surface area contributed by atoms with Crippen LogP contribution in [0.4, 0.5) is 5.69 Å². The van der Waals surface area contributed by atoms with Crippen molar-refractivity contribution in [2.24, 2.45) is 0 Å². The van der Waals surface area contributed by atoms with Gasteiger partial charge in [0.1, 0.15) is 0 Å². The van der Waals surface area contributed by atoms with Crippen molar-refractivity contribution in [3.8, 4) is 17.1 Å². The van der Waals surface area contributed by atoms with Gasteiger partial charge in [0, 0.05) is 29.8 Å². The predicted molar refractivity (Wildman–Crippen MR) is 115 cm³/mol. The zero-order valence-electron chi connectivity index (χ0n) is 16.5. The minimum atomic E-state index is -0.323. The lowest BCUT2D eigenvalue weighted by Gasteiger charge is -2.09. The lowest BCUT2D eigenvalue weighted by molar-refractivity contribution is 0.102. The normalized spacial score (nSPS) is 12.7. The van der Waals surface area contributed by atoms with E-state index in [1.54, 1.807) is 28.6 Å². The second-order valence-electron chi connectivity index (χ2n) is 7.07. The third-order valence-electron chi connectivity index (χ3n) is 4.86. The number of hydrogen-bond donors (Lipinski definition) is 1. The summed E-state index contributed by atoms with van der Waals surface area (Å²) in [7, 11) is 0. The Morgan fingerprint density at radius 1 is 1.13 bits per heavy atom. The number of carbonyl (C=O) groups is 1. The molecule has 3 aromatic heterocycles. The summed E-state index contributed by atoms with van der Waals surface area (Å²) in [6.45, 7) is 4.83. The van der Waals surface area contributed by atoms with E-state index < -0.39 is 0 Å². The third kappa shape index (κ3) is 3.37. The number of para-hydroxylation sites is 1. The van der Waals surface area contributed by atoms with Crippen molar-refractivity contribution in [2.45, 2.75) is 25.5 Å². The maximum Gasteiger partial charge on any atom is 0.276 e. The molecule has 0 atom stereocenters. The molecule has 1 aliphatic heterocycles. The third-order valence-corrected chi connectivity index (χ3v) is 5.83. The van der Waals surface area contributed by atoms with Gasteiger partial charge in [-0.15, -0.1) is 10.2 Å². The van der Waals surface area contributed by atoms with Gasteiger partial charge in [-0.3, -0.25) is 4.79 Å². The van der Waals surface area contributed by atoms with Crippen LogP contribution in [0.3, 0.4) is 0 Å². The second-order valence-corrected chi connectivity index (χ2v) is 8.13. The Bertz CT molecular complexity index is 1220. The van der Waals surface area contributed by atoms with Crippen LogP contribution in [0, 0.1) is 13.8 Å². The van der Waals surface area contributed by atoms with Crippen molar-refractivity contribution in [2.75, 3.05) is 11.1 Å². The maximum absolute atomic E-state index is 12.8. The molecule has 150 valence electrons. The zero-order valence-corrected chi connectivity index (χ0v) is 17.3. The molecule has 5 rings (SSSR count). The van der Waals surface area contributed by atoms with Gasteiger partial charge in [-0.1, -0.05) is 30.0 Å². The number of fused-ring (bicyclic) bond motifs is 1. The molecule has 1 amide bonds. The molecule has 0 radical (unpaired) electrons. The summed E-state index contributed by atoms with van der Waals surface area (Å²) in [5.74, 6) is 1.30. The molecule has 1 aromatic carbocycles. The number of imidazole rings is 1. The van der Waals surface area contributed by atoms with E-state index in [1.165, 1.54) is 0 Å². The molecule has 0 spiro atoms. The average Bonchev–Trinajstić information content (AvgIpc) is 3.43. The Labute approximate surface area is 177 Å². The van der Waals surface area contributed by atoms with Gasteiger partial charge in [0.05, 0.1) is 17.1 Å². The van der Waals surface area contributed by atoms with Crippen molar-refractivity contribution < 1.29 is 4.79 Å². The van der Waals surface area contributed by atoms with E-state index in [4.69, 9.17) is 4.98 Å². The quantitative estimate of drug-likeness (QED) is 0.547. The molecule has 0 saturated heterocycles. The topological polar surface area (TPSA) is 90.5 Å². The van der Waals surface area contributed by atoms with Gasteiger partial charge in [0.15, 0.2) is 16.7 Å². The van der Waals surface area contributed by atoms with Gasteiger partial charge in [-0.2, -0.15) is 5.10 Å². The molecule has 4 heterocycles. The average molecular weight is 417 g/mol. The lowest BCUT2D eigenvalue weighted by atomic mass is 10.1. The fourth-order valence-corrected chi connectivity index (χ4v) is 4.40. The number of anilines is 1. The molecule has 1 aliphatic rings. The first-order chi connectivity index (χ1) is 14.6. The Morgan fingerprint density at radius 2 is 2.00 bits per heavy atom. The lowest BCUT2D eigenvalue weighted by Crippen LogP contribution is -2.16. The van der Waals surface area contributed by atoms with E-state index >= 15 is 0 Å². The van der Waals surface area contributed by atoms with Gasteiger partial charge in [0.25, 0.3) is 5.91 Å². The Morgan fingerprint density at radius 3 is 2.73 bits per heavy atom. The van der Waals surface area contributed by atoms with Crippen LogP contribution in [0.25, 0.3) is 17.1 Å². The largest absolute Gasteiger partial charge is 0.325 e. The molecular formula is C21H19N7OS. The van der Waals surface area contributed by atoms with Crippen molar-refractivity contribution >= 4 is 23.4 Å². The van der Waals surface area contributed by atoms with Crippen LogP contribution in [0.2, 0.25) is 0 Å². The van der Waals surface area contributed by atoms with Crippen molar-refractivity contribution in [3.05, 3.63) is 65.7 Å². The molecule has 0 bridgehead atoms. The van der Waals surface area contributed by atoms with Crippen LogP contribution < -0.4 is 5.32 Å². The second kappa shape index (κ2) is 7.42. The highest BCUT2D eigenvalue weighted by atomic mass is 32.2.